The fourth-order valence-corrected chi connectivity index (χ4v) is 1.91. The molecule has 6 heteroatoms. The van der Waals surface area contributed by atoms with Crippen molar-refractivity contribution in [1.82, 2.24) is 0 Å². The summed E-state index contributed by atoms with van der Waals surface area (Å²) in [6.45, 7) is 5.37. The molecule has 0 aliphatic carbocycles. The van der Waals surface area contributed by atoms with Crippen LogP contribution in [0.3, 0.4) is 0 Å². The Hall–Kier alpha value is -3.02. The van der Waals surface area contributed by atoms with Crippen molar-refractivity contribution in [2.75, 3.05) is 16.0 Å². The minimum atomic E-state index is -0.574. The van der Waals surface area contributed by atoms with Gasteiger partial charge in [0, 0.05) is 17.1 Å². The Balaban J connectivity index is 1.95. The van der Waals surface area contributed by atoms with Crippen LogP contribution in [0.2, 0.25) is 0 Å². The molecule has 0 atom stereocenters. The summed E-state index contributed by atoms with van der Waals surface area (Å²) in [5.41, 5.74) is 1.20. The number of anilines is 3. The molecule has 0 unspecified atom stereocenters. The molecule has 0 heterocycles. The summed E-state index contributed by atoms with van der Waals surface area (Å²) in [6.07, 6.45) is -0.548. The van der Waals surface area contributed by atoms with Gasteiger partial charge in [0.05, 0.1) is 0 Å². The Morgan fingerprint density at radius 1 is 0.792 bits per heavy atom. The largest absolute Gasteiger partial charge is 0.444 e. The van der Waals surface area contributed by atoms with Crippen LogP contribution in [0.5, 0.6) is 0 Å². The van der Waals surface area contributed by atoms with Crippen LogP contribution in [0.25, 0.3) is 0 Å². The zero-order chi connectivity index (χ0) is 17.6. The van der Waals surface area contributed by atoms with Gasteiger partial charge in [-0.2, -0.15) is 0 Å². The maximum Gasteiger partial charge on any atom is 0.412 e. The van der Waals surface area contributed by atoms with E-state index in [1.165, 1.54) is 0 Å². The molecule has 0 aromatic heterocycles. The van der Waals surface area contributed by atoms with Crippen molar-refractivity contribution in [1.29, 1.82) is 0 Å². The number of amides is 3. The summed E-state index contributed by atoms with van der Waals surface area (Å²) in [6, 6.07) is 15.6. The number of carbonyl (C=O) groups excluding carboxylic acids is 2. The third-order valence-electron chi connectivity index (χ3n) is 2.80. The van der Waals surface area contributed by atoms with E-state index in [9.17, 15) is 9.59 Å². The van der Waals surface area contributed by atoms with Crippen molar-refractivity contribution in [3.05, 3.63) is 54.6 Å². The highest BCUT2D eigenvalue weighted by molar-refractivity contribution is 6.00. The lowest BCUT2D eigenvalue weighted by Gasteiger charge is -2.19. The van der Waals surface area contributed by atoms with Gasteiger partial charge in [-0.05, 0) is 51.1 Å². The molecule has 0 aliphatic rings. The summed E-state index contributed by atoms with van der Waals surface area (Å²) in [7, 11) is 0. The molecule has 2 rings (SSSR count). The minimum absolute atomic E-state index is 0.365. The van der Waals surface area contributed by atoms with E-state index in [1.54, 1.807) is 57.2 Å². The first-order chi connectivity index (χ1) is 11.3. The number of ether oxygens (including phenoxy) is 1. The van der Waals surface area contributed by atoms with Gasteiger partial charge in [-0.15, -0.1) is 0 Å². The molecular weight excluding hydrogens is 306 g/mol. The molecule has 2 aromatic carbocycles. The molecule has 3 amide bonds. The molecule has 0 fully saturated rings. The normalized spacial score (nSPS) is 10.6. The molecular formula is C18H21N3O3. The highest BCUT2D eigenvalue weighted by Crippen LogP contribution is 2.17. The average molecular weight is 327 g/mol. The summed E-state index contributed by atoms with van der Waals surface area (Å²) in [5.74, 6) is 0. The van der Waals surface area contributed by atoms with Crippen LogP contribution in [0.15, 0.2) is 54.6 Å². The first kappa shape index (κ1) is 17.3. The molecule has 3 N–H and O–H groups in total. The summed E-state index contributed by atoms with van der Waals surface area (Å²) in [5, 5.41) is 8.06. The molecule has 0 saturated carbocycles. The van der Waals surface area contributed by atoms with E-state index in [1.807, 2.05) is 18.2 Å². The standard InChI is InChI=1S/C18H21N3O3/c1-18(2,3)24-17(23)21-15-11-7-10-14(12-15)20-16(22)19-13-8-5-4-6-9-13/h4-12H,1-3H3,(H,21,23)(H2,19,20,22). The quantitative estimate of drug-likeness (QED) is 0.766. The van der Waals surface area contributed by atoms with Crippen LogP contribution in [-0.2, 0) is 4.74 Å². The number of hydrogen-bond donors (Lipinski definition) is 3. The SMILES string of the molecule is CC(C)(C)OC(=O)Nc1cccc(NC(=O)Nc2ccccc2)c1. The lowest BCUT2D eigenvalue weighted by atomic mass is 10.2. The van der Waals surface area contributed by atoms with E-state index in [0.29, 0.717) is 17.1 Å². The van der Waals surface area contributed by atoms with E-state index >= 15 is 0 Å². The Kier molecular flexibility index (Phi) is 5.42. The topological polar surface area (TPSA) is 79.5 Å². The van der Waals surface area contributed by atoms with Crippen molar-refractivity contribution >= 4 is 29.2 Å². The maximum absolute atomic E-state index is 12.0. The Morgan fingerprint density at radius 2 is 1.33 bits per heavy atom. The highest BCUT2D eigenvalue weighted by Gasteiger charge is 2.16. The van der Waals surface area contributed by atoms with Gasteiger partial charge < -0.3 is 15.4 Å². The van der Waals surface area contributed by atoms with Crippen molar-refractivity contribution in [2.24, 2.45) is 0 Å². The molecule has 0 bridgehead atoms. The van der Waals surface area contributed by atoms with Gasteiger partial charge in [0.2, 0.25) is 0 Å². The van der Waals surface area contributed by atoms with Crippen molar-refractivity contribution in [2.45, 2.75) is 26.4 Å². The predicted octanol–water partition coefficient (Wildman–Crippen LogP) is 4.68. The Labute approximate surface area is 141 Å². The average Bonchev–Trinajstić information content (AvgIpc) is 2.46. The number of carbonyl (C=O) groups is 2. The number of para-hydroxylation sites is 1. The molecule has 0 saturated heterocycles. The van der Waals surface area contributed by atoms with Gasteiger partial charge in [0.15, 0.2) is 0 Å². The molecule has 2 aromatic rings. The molecule has 6 nitrogen and oxygen atoms in total. The van der Waals surface area contributed by atoms with Crippen molar-refractivity contribution < 1.29 is 14.3 Å². The van der Waals surface area contributed by atoms with E-state index in [4.69, 9.17) is 4.74 Å². The molecule has 24 heavy (non-hydrogen) atoms. The number of hydrogen-bond acceptors (Lipinski definition) is 3. The first-order valence-electron chi connectivity index (χ1n) is 7.55. The predicted molar refractivity (Wildman–Crippen MR) is 95.4 cm³/mol. The Bertz CT molecular complexity index is 709. The first-order valence-corrected chi connectivity index (χ1v) is 7.55. The van der Waals surface area contributed by atoms with Crippen LogP contribution in [0.1, 0.15) is 20.8 Å². The summed E-state index contributed by atoms with van der Waals surface area (Å²) < 4.78 is 5.19. The van der Waals surface area contributed by atoms with Gasteiger partial charge in [-0.3, -0.25) is 5.32 Å². The van der Waals surface area contributed by atoms with Crippen LogP contribution >= 0.6 is 0 Å². The fraction of sp³-hybridized carbons (Fsp3) is 0.222. The monoisotopic (exact) mass is 327 g/mol. The number of nitrogens with one attached hydrogen (secondary N) is 3. The van der Waals surface area contributed by atoms with E-state index in [2.05, 4.69) is 16.0 Å². The van der Waals surface area contributed by atoms with Crippen LogP contribution < -0.4 is 16.0 Å². The molecule has 0 spiro atoms. The van der Waals surface area contributed by atoms with E-state index < -0.39 is 11.7 Å². The van der Waals surface area contributed by atoms with Crippen LogP contribution in [0, 0.1) is 0 Å². The van der Waals surface area contributed by atoms with E-state index in [0.717, 1.165) is 0 Å². The molecule has 0 radical (unpaired) electrons. The van der Waals surface area contributed by atoms with Gasteiger partial charge in [0.25, 0.3) is 0 Å². The highest BCUT2D eigenvalue weighted by atomic mass is 16.6. The summed E-state index contributed by atoms with van der Waals surface area (Å²) in [4.78, 5) is 23.7. The third-order valence-corrected chi connectivity index (χ3v) is 2.80. The van der Waals surface area contributed by atoms with Crippen molar-refractivity contribution in [3.63, 3.8) is 0 Å². The smallest absolute Gasteiger partial charge is 0.412 e. The van der Waals surface area contributed by atoms with Crippen LogP contribution in [-0.4, -0.2) is 17.7 Å². The number of urea groups is 1. The molecule has 0 aliphatic heterocycles. The molecule has 126 valence electrons. The second kappa shape index (κ2) is 7.50. The second-order valence-electron chi connectivity index (χ2n) is 6.15. The number of rotatable bonds is 3. The van der Waals surface area contributed by atoms with E-state index in [-0.39, 0.29) is 6.03 Å². The van der Waals surface area contributed by atoms with Gasteiger partial charge in [-0.1, -0.05) is 24.3 Å². The minimum Gasteiger partial charge on any atom is -0.444 e. The van der Waals surface area contributed by atoms with Gasteiger partial charge in [-0.25, -0.2) is 9.59 Å². The van der Waals surface area contributed by atoms with Crippen molar-refractivity contribution in [3.8, 4) is 0 Å². The maximum atomic E-state index is 12.0. The summed E-state index contributed by atoms with van der Waals surface area (Å²) >= 11 is 0. The fourth-order valence-electron chi connectivity index (χ4n) is 1.91. The zero-order valence-corrected chi connectivity index (χ0v) is 13.9. The van der Waals surface area contributed by atoms with Crippen LogP contribution in [0.4, 0.5) is 26.7 Å². The Morgan fingerprint density at radius 3 is 1.96 bits per heavy atom. The lowest BCUT2D eigenvalue weighted by Crippen LogP contribution is -2.27. The van der Waals surface area contributed by atoms with Gasteiger partial charge >= 0.3 is 12.1 Å². The lowest BCUT2D eigenvalue weighted by molar-refractivity contribution is 0.0636. The second-order valence-corrected chi connectivity index (χ2v) is 6.15. The third kappa shape index (κ3) is 6.00. The number of benzene rings is 2. The zero-order valence-electron chi connectivity index (χ0n) is 13.9. The van der Waals surface area contributed by atoms with Gasteiger partial charge in [0.1, 0.15) is 5.60 Å².